The molecule has 0 aliphatic carbocycles. The van der Waals surface area contributed by atoms with E-state index in [9.17, 15) is 4.79 Å². The third-order valence-corrected chi connectivity index (χ3v) is 5.42. The molecule has 1 atom stereocenters. The fourth-order valence-corrected chi connectivity index (χ4v) is 3.79. The summed E-state index contributed by atoms with van der Waals surface area (Å²) >= 11 is 6.31. The Morgan fingerprint density at radius 1 is 1.25 bits per heavy atom. The number of amides is 1. The normalized spacial score (nSPS) is 16.5. The van der Waals surface area contributed by atoms with E-state index in [2.05, 4.69) is 51.2 Å². The van der Waals surface area contributed by atoms with E-state index in [0.717, 1.165) is 18.5 Å². The fourth-order valence-electron chi connectivity index (χ4n) is 3.59. The number of carbonyl (C=O) groups is 1. The van der Waals surface area contributed by atoms with E-state index in [4.69, 9.17) is 16.3 Å². The molecule has 0 spiro atoms. The number of carbonyl (C=O) groups excluding carboxylic acids is 1. The van der Waals surface area contributed by atoms with Gasteiger partial charge in [-0.05, 0) is 23.5 Å². The second kappa shape index (κ2) is 8.90. The predicted molar refractivity (Wildman–Crippen MR) is 123 cm³/mol. The monoisotopic (exact) mass is 457 g/mol. The molecule has 1 N–H and O–H groups in total. The van der Waals surface area contributed by atoms with Crippen LogP contribution in [-0.2, 0) is 11.3 Å². The Hall–Kier alpha value is -2.94. The predicted octanol–water partition coefficient (Wildman–Crippen LogP) is 3.06. The molecule has 4 rings (SSSR count). The molecular weight excluding hydrogens is 430 g/mol. The smallest absolute Gasteiger partial charge is 0.320 e. The lowest BCUT2D eigenvalue weighted by Crippen LogP contribution is -2.35. The highest BCUT2D eigenvalue weighted by atomic mass is 35.5. The molecule has 3 heterocycles. The SMILES string of the molecule is CC(=O)NC1CCN(c2nc(OCC(C)(C)C)nc3nn(Cc4ccccc4Cl)nc23)C1. The number of hydrogen-bond acceptors (Lipinski definition) is 7. The molecule has 170 valence electrons. The number of nitrogens with zero attached hydrogens (tertiary/aromatic N) is 6. The van der Waals surface area contributed by atoms with Crippen LogP contribution in [0.3, 0.4) is 0 Å². The van der Waals surface area contributed by atoms with Crippen LogP contribution < -0.4 is 15.0 Å². The Kier molecular flexibility index (Phi) is 6.19. The van der Waals surface area contributed by atoms with Gasteiger partial charge in [0.2, 0.25) is 11.6 Å². The van der Waals surface area contributed by atoms with Crippen LogP contribution in [0.4, 0.5) is 5.82 Å². The average molecular weight is 458 g/mol. The van der Waals surface area contributed by atoms with Crippen molar-refractivity contribution >= 4 is 34.5 Å². The number of halogens is 1. The van der Waals surface area contributed by atoms with Crippen LogP contribution in [0.5, 0.6) is 6.01 Å². The molecule has 1 aliphatic rings. The Morgan fingerprint density at radius 3 is 2.75 bits per heavy atom. The van der Waals surface area contributed by atoms with Gasteiger partial charge in [-0.25, -0.2) is 0 Å². The topological polar surface area (TPSA) is 98.1 Å². The van der Waals surface area contributed by atoms with Gasteiger partial charge in [-0.2, -0.15) is 14.8 Å². The summed E-state index contributed by atoms with van der Waals surface area (Å²) in [6.07, 6.45) is 0.830. The standard InChI is InChI=1S/C22H28ClN7O2/c1-14(31)24-16-9-10-29(12-16)20-18-19(25-21(26-20)32-13-22(2,3)4)28-30(27-18)11-15-7-5-6-8-17(15)23/h5-8,16H,9-13H2,1-4H3,(H,24,31). The van der Waals surface area contributed by atoms with Crippen molar-refractivity contribution in [2.75, 3.05) is 24.6 Å². The first-order chi connectivity index (χ1) is 15.2. The summed E-state index contributed by atoms with van der Waals surface area (Å²) in [6.45, 7) is 10.1. The zero-order chi connectivity index (χ0) is 22.9. The van der Waals surface area contributed by atoms with Gasteiger partial charge in [-0.1, -0.05) is 50.6 Å². The van der Waals surface area contributed by atoms with Gasteiger partial charge in [0.15, 0.2) is 11.3 Å². The van der Waals surface area contributed by atoms with E-state index >= 15 is 0 Å². The molecule has 1 saturated heterocycles. The minimum atomic E-state index is -0.0374. The lowest BCUT2D eigenvalue weighted by atomic mass is 9.99. The molecule has 9 nitrogen and oxygen atoms in total. The maximum atomic E-state index is 11.5. The number of hydrogen-bond donors (Lipinski definition) is 1. The second-order valence-corrected chi connectivity index (χ2v) is 9.71. The Labute approximate surface area is 192 Å². The number of aromatic nitrogens is 5. The van der Waals surface area contributed by atoms with Crippen molar-refractivity contribution in [3.8, 4) is 6.01 Å². The van der Waals surface area contributed by atoms with E-state index in [-0.39, 0.29) is 23.4 Å². The number of benzene rings is 1. The number of anilines is 1. The van der Waals surface area contributed by atoms with Gasteiger partial charge >= 0.3 is 6.01 Å². The third-order valence-electron chi connectivity index (χ3n) is 5.05. The van der Waals surface area contributed by atoms with Gasteiger partial charge in [0, 0.05) is 31.1 Å². The lowest BCUT2D eigenvalue weighted by Gasteiger charge is -2.20. The first-order valence-electron chi connectivity index (χ1n) is 10.7. The quantitative estimate of drug-likeness (QED) is 0.607. The number of fused-ring (bicyclic) bond motifs is 1. The van der Waals surface area contributed by atoms with Crippen molar-refractivity contribution in [1.82, 2.24) is 30.3 Å². The Bertz CT molecular complexity index is 1130. The number of nitrogens with one attached hydrogen (secondary N) is 1. The Balaban J connectivity index is 1.68. The third kappa shape index (κ3) is 5.27. The first kappa shape index (κ1) is 22.3. The minimum Gasteiger partial charge on any atom is -0.463 e. The van der Waals surface area contributed by atoms with Crippen molar-refractivity contribution in [3.63, 3.8) is 0 Å². The lowest BCUT2D eigenvalue weighted by molar-refractivity contribution is -0.119. The van der Waals surface area contributed by atoms with Gasteiger partial charge in [0.25, 0.3) is 0 Å². The molecule has 1 unspecified atom stereocenters. The minimum absolute atomic E-state index is 0.0374. The average Bonchev–Trinajstić information content (AvgIpc) is 3.33. The summed E-state index contributed by atoms with van der Waals surface area (Å²) in [6, 6.07) is 7.95. The molecule has 3 aromatic rings. The van der Waals surface area contributed by atoms with Crippen molar-refractivity contribution in [3.05, 3.63) is 34.9 Å². The first-order valence-corrected chi connectivity index (χ1v) is 11.1. The summed E-state index contributed by atoms with van der Waals surface area (Å²) in [5.74, 6) is 0.627. The van der Waals surface area contributed by atoms with Gasteiger partial charge in [-0.15, -0.1) is 10.2 Å². The number of rotatable bonds is 6. The van der Waals surface area contributed by atoms with Crippen LogP contribution in [0.1, 0.15) is 39.7 Å². The Morgan fingerprint density at radius 2 is 2.03 bits per heavy atom. The molecule has 1 fully saturated rings. The van der Waals surface area contributed by atoms with E-state index in [1.165, 1.54) is 6.92 Å². The molecule has 1 amide bonds. The van der Waals surface area contributed by atoms with Crippen molar-refractivity contribution < 1.29 is 9.53 Å². The van der Waals surface area contributed by atoms with E-state index in [0.29, 0.717) is 41.7 Å². The van der Waals surface area contributed by atoms with Gasteiger partial charge in [0.05, 0.1) is 13.2 Å². The van der Waals surface area contributed by atoms with Crippen LogP contribution in [0.2, 0.25) is 5.02 Å². The largest absolute Gasteiger partial charge is 0.463 e. The molecule has 10 heteroatoms. The second-order valence-electron chi connectivity index (χ2n) is 9.31. The van der Waals surface area contributed by atoms with Crippen LogP contribution >= 0.6 is 11.6 Å². The highest BCUT2D eigenvalue weighted by Crippen LogP contribution is 2.28. The molecule has 1 aliphatic heterocycles. The summed E-state index contributed by atoms with van der Waals surface area (Å²) in [7, 11) is 0. The summed E-state index contributed by atoms with van der Waals surface area (Å²) in [5.41, 5.74) is 1.95. The molecular formula is C22H28ClN7O2. The van der Waals surface area contributed by atoms with E-state index < -0.39 is 0 Å². The summed E-state index contributed by atoms with van der Waals surface area (Å²) in [4.78, 5) is 24.3. The zero-order valence-corrected chi connectivity index (χ0v) is 19.6. The molecule has 1 aromatic carbocycles. The van der Waals surface area contributed by atoms with E-state index in [1.807, 2.05) is 24.3 Å². The van der Waals surface area contributed by atoms with Gasteiger partial charge in [0.1, 0.15) is 0 Å². The fraction of sp³-hybridized carbons (Fsp3) is 0.500. The molecule has 2 aromatic heterocycles. The van der Waals surface area contributed by atoms with Crippen LogP contribution in [0, 0.1) is 5.41 Å². The van der Waals surface area contributed by atoms with Crippen molar-refractivity contribution in [2.24, 2.45) is 5.41 Å². The van der Waals surface area contributed by atoms with Crippen LogP contribution in [0.15, 0.2) is 24.3 Å². The number of ether oxygens (including phenoxy) is 1. The van der Waals surface area contributed by atoms with E-state index in [1.54, 1.807) is 4.80 Å². The molecule has 0 saturated carbocycles. The highest BCUT2D eigenvalue weighted by molar-refractivity contribution is 6.31. The van der Waals surface area contributed by atoms with Gasteiger partial charge in [-0.3, -0.25) is 4.79 Å². The summed E-state index contributed by atoms with van der Waals surface area (Å²) in [5, 5.41) is 12.9. The van der Waals surface area contributed by atoms with Crippen molar-refractivity contribution in [1.29, 1.82) is 0 Å². The zero-order valence-electron chi connectivity index (χ0n) is 18.8. The molecule has 0 bridgehead atoms. The van der Waals surface area contributed by atoms with Crippen molar-refractivity contribution in [2.45, 2.75) is 46.7 Å². The van der Waals surface area contributed by atoms with Crippen LogP contribution in [0.25, 0.3) is 11.2 Å². The maximum Gasteiger partial charge on any atom is 0.320 e. The summed E-state index contributed by atoms with van der Waals surface area (Å²) < 4.78 is 5.90. The maximum absolute atomic E-state index is 11.5. The van der Waals surface area contributed by atoms with Gasteiger partial charge < -0.3 is 15.0 Å². The molecule has 0 radical (unpaired) electrons. The highest BCUT2D eigenvalue weighted by Gasteiger charge is 2.28. The molecule has 32 heavy (non-hydrogen) atoms. The van der Waals surface area contributed by atoms with Crippen LogP contribution in [-0.4, -0.2) is 56.6 Å².